The molecule has 0 aliphatic carbocycles. The van der Waals surface area contributed by atoms with Crippen molar-refractivity contribution >= 4 is 15.7 Å². The lowest BCUT2D eigenvalue weighted by molar-refractivity contribution is -0.386. The smallest absolute Gasteiger partial charge is 0.282 e. The molecule has 2 heterocycles. The fraction of sp³-hybridized carbons (Fsp3) is 0.471. The summed E-state index contributed by atoms with van der Waals surface area (Å²) in [7, 11) is -3.36. The third kappa shape index (κ3) is 4.34. The van der Waals surface area contributed by atoms with Crippen molar-refractivity contribution in [2.45, 2.75) is 26.3 Å². The number of piperazine rings is 1. The molecule has 1 fully saturated rings. The molecule has 1 aromatic heterocycles. The van der Waals surface area contributed by atoms with Gasteiger partial charge in [-0.3, -0.25) is 15.0 Å². The van der Waals surface area contributed by atoms with Crippen molar-refractivity contribution in [2.75, 3.05) is 26.2 Å². The summed E-state index contributed by atoms with van der Waals surface area (Å²) in [5.41, 5.74) is 1.71. The Kier molecular flexibility index (Phi) is 5.59. The van der Waals surface area contributed by atoms with E-state index in [1.54, 1.807) is 18.5 Å². The van der Waals surface area contributed by atoms with Gasteiger partial charge in [0.2, 0.25) is 10.0 Å². The van der Waals surface area contributed by atoms with E-state index in [0.717, 1.165) is 5.56 Å². The maximum Gasteiger partial charge on any atom is 0.312 e. The van der Waals surface area contributed by atoms with Crippen LogP contribution in [0.1, 0.15) is 17.0 Å². The monoisotopic (exact) mass is 393 g/mol. The van der Waals surface area contributed by atoms with E-state index < -0.39 is 14.9 Å². The largest absolute Gasteiger partial charge is 0.312 e. The first-order chi connectivity index (χ1) is 12.8. The first-order valence-electron chi connectivity index (χ1n) is 8.70. The number of hydrogen-bond donors (Lipinski definition) is 0. The van der Waals surface area contributed by atoms with Crippen LogP contribution in [-0.2, 0) is 22.4 Å². The zero-order valence-electron chi connectivity index (χ0n) is 15.4. The summed E-state index contributed by atoms with van der Waals surface area (Å²) in [5.74, 6) is -0.00249. The van der Waals surface area contributed by atoms with Gasteiger partial charge in [-0.1, -0.05) is 30.3 Å². The lowest BCUT2D eigenvalue weighted by Gasteiger charge is -2.33. The molecular formula is C17H23N5O4S. The molecule has 3 rings (SSSR count). The number of aromatic nitrogens is 2. The van der Waals surface area contributed by atoms with E-state index in [2.05, 4.69) is 10.00 Å². The predicted molar refractivity (Wildman–Crippen MR) is 101 cm³/mol. The first-order valence-corrected chi connectivity index (χ1v) is 10.3. The number of nitrogens with zero attached hydrogens (tertiary/aromatic N) is 5. The number of benzene rings is 1. The fourth-order valence-corrected chi connectivity index (χ4v) is 4.82. The van der Waals surface area contributed by atoms with Crippen LogP contribution >= 0.6 is 0 Å². The molecule has 0 radical (unpaired) electrons. The van der Waals surface area contributed by atoms with E-state index in [1.165, 1.54) is 4.31 Å². The Morgan fingerprint density at radius 1 is 1.11 bits per heavy atom. The lowest BCUT2D eigenvalue weighted by Crippen LogP contribution is -2.49. The number of rotatable bonds is 6. The molecule has 0 bridgehead atoms. The van der Waals surface area contributed by atoms with Crippen LogP contribution in [-0.4, -0.2) is 58.5 Å². The second-order valence-corrected chi connectivity index (χ2v) is 8.65. The molecule has 2 aromatic rings. The Morgan fingerprint density at radius 2 is 1.74 bits per heavy atom. The standard InChI is InChI=1S/C17H23N5O4S/c1-14-17(22(23)24)15(2)21(18-14)13-19-8-10-20(11-9-19)27(25,26)12-16-6-4-3-5-7-16/h3-7H,8-13H2,1-2H3. The Bertz CT molecular complexity index is 918. The summed E-state index contributed by atoms with van der Waals surface area (Å²) in [6.07, 6.45) is 0. The highest BCUT2D eigenvalue weighted by Crippen LogP contribution is 2.22. The van der Waals surface area contributed by atoms with Gasteiger partial charge in [-0.25, -0.2) is 13.1 Å². The van der Waals surface area contributed by atoms with Crippen molar-refractivity contribution in [3.05, 3.63) is 57.4 Å². The van der Waals surface area contributed by atoms with E-state index in [0.29, 0.717) is 44.2 Å². The Balaban J connectivity index is 1.61. The van der Waals surface area contributed by atoms with Gasteiger partial charge >= 0.3 is 5.69 Å². The van der Waals surface area contributed by atoms with Crippen LogP contribution < -0.4 is 0 Å². The number of nitro groups is 1. The van der Waals surface area contributed by atoms with E-state index in [9.17, 15) is 18.5 Å². The third-order valence-corrected chi connectivity index (χ3v) is 6.63. The molecule has 1 saturated heterocycles. The highest BCUT2D eigenvalue weighted by atomic mass is 32.2. The minimum atomic E-state index is -3.36. The van der Waals surface area contributed by atoms with Crippen molar-refractivity contribution in [3.8, 4) is 0 Å². The molecule has 1 aliphatic rings. The molecule has 0 atom stereocenters. The molecule has 10 heteroatoms. The molecule has 1 aliphatic heterocycles. The van der Waals surface area contributed by atoms with Gasteiger partial charge in [0.15, 0.2) is 0 Å². The normalized spacial score (nSPS) is 16.5. The van der Waals surface area contributed by atoms with Crippen molar-refractivity contribution in [3.63, 3.8) is 0 Å². The highest BCUT2D eigenvalue weighted by molar-refractivity contribution is 7.88. The van der Waals surface area contributed by atoms with Gasteiger partial charge < -0.3 is 0 Å². The molecule has 0 amide bonds. The van der Waals surface area contributed by atoms with Gasteiger partial charge in [0, 0.05) is 26.2 Å². The molecule has 27 heavy (non-hydrogen) atoms. The predicted octanol–water partition coefficient (Wildman–Crippen LogP) is 1.51. The molecule has 0 saturated carbocycles. The summed E-state index contributed by atoms with van der Waals surface area (Å²) in [4.78, 5) is 12.8. The van der Waals surface area contributed by atoms with Crippen LogP contribution in [0.2, 0.25) is 0 Å². The zero-order chi connectivity index (χ0) is 19.6. The van der Waals surface area contributed by atoms with Crippen LogP contribution in [0.25, 0.3) is 0 Å². The Morgan fingerprint density at radius 3 is 2.30 bits per heavy atom. The minimum absolute atomic E-state index is 0.00249. The summed E-state index contributed by atoms with van der Waals surface area (Å²) >= 11 is 0. The summed E-state index contributed by atoms with van der Waals surface area (Å²) in [6.45, 7) is 5.62. The maximum absolute atomic E-state index is 12.6. The second kappa shape index (κ2) is 7.75. The molecular weight excluding hydrogens is 370 g/mol. The fourth-order valence-electron chi connectivity index (χ4n) is 3.30. The van der Waals surface area contributed by atoms with Gasteiger partial charge in [0.25, 0.3) is 0 Å². The van der Waals surface area contributed by atoms with E-state index in [4.69, 9.17) is 0 Å². The highest BCUT2D eigenvalue weighted by Gasteiger charge is 2.28. The first kappa shape index (κ1) is 19.5. The average molecular weight is 393 g/mol. The molecule has 146 valence electrons. The molecule has 9 nitrogen and oxygen atoms in total. The molecule has 0 spiro atoms. The summed E-state index contributed by atoms with van der Waals surface area (Å²) in [6, 6.07) is 9.14. The van der Waals surface area contributed by atoms with E-state index >= 15 is 0 Å². The molecule has 1 aromatic carbocycles. The van der Waals surface area contributed by atoms with Gasteiger partial charge in [-0.2, -0.15) is 9.40 Å². The number of aryl methyl sites for hydroxylation is 1. The Hall–Kier alpha value is -2.30. The third-order valence-electron chi connectivity index (χ3n) is 4.78. The van der Waals surface area contributed by atoms with Crippen LogP contribution in [0.3, 0.4) is 0 Å². The van der Waals surface area contributed by atoms with Crippen LogP contribution in [0.15, 0.2) is 30.3 Å². The van der Waals surface area contributed by atoms with Crippen LogP contribution in [0, 0.1) is 24.0 Å². The zero-order valence-corrected chi connectivity index (χ0v) is 16.2. The average Bonchev–Trinajstić information content (AvgIpc) is 2.89. The van der Waals surface area contributed by atoms with E-state index in [1.807, 2.05) is 30.3 Å². The van der Waals surface area contributed by atoms with Crippen LogP contribution in [0.5, 0.6) is 0 Å². The number of sulfonamides is 1. The summed E-state index contributed by atoms with van der Waals surface area (Å²) < 4.78 is 28.4. The van der Waals surface area contributed by atoms with Crippen molar-refractivity contribution < 1.29 is 13.3 Å². The topological polar surface area (TPSA) is 102 Å². The van der Waals surface area contributed by atoms with Gasteiger partial charge in [0.05, 0.1) is 17.3 Å². The second-order valence-electron chi connectivity index (χ2n) is 6.68. The number of hydrogen-bond acceptors (Lipinski definition) is 6. The summed E-state index contributed by atoms with van der Waals surface area (Å²) in [5, 5.41) is 15.4. The minimum Gasteiger partial charge on any atom is -0.282 e. The Labute approximate surface area is 158 Å². The van der Waals surface area contributed by atoms with Crippen molar-refractivity contribution in [1.82, 2.24) is 19.0 Å². The SMILES string of the molecule is Cc1nn(CN2CCN(S(=O)(=O)Cc3ccccc3)CC2)c(C)c1[N+](=O)[O-]. The molecule has 0 unspecified atom stereocenters. The van der Waals surface area contributed by atoms with E-state index in [-0.39, 0.29) is 11.4 Å². The molecule has 0 N–H and O–H groups in total. The van der Waals surface area contributed by atoms with Gasteiger partial charge in [-0.15, -0.1) is 0 Å². The van der Waals surface area contributed by atoms with Crippen molar-refractivity contribution in [2.24, 2.45) is 0 Å². The maximum atomic E-state index is 12.6. The van der Waals surface area contributed by atoms with Gasteiger partial charge in [-0.05, 0) is 19.4 Å². The lowest BCUT2D eigenvalue weighted by atomic mass is 10.2. The van der Waals surface area contributed by atoms with Crippen LogP contribution in [0.4, 0.5) is 5.69 Å². The quantitative estimate of drug-likeness (QED) is 0.545. The van der Waals surface area contributed by atoms with Gasteiger partial charge in [0.1, 0.15) is 11.4 Å². The van der Waals surface area contributed by atoms with Crippen molar-refractivity contribution in [1.29, 1.82) is 0 Å².